The van der Waals surface area contributed by atoms with Gasteiger partial charge in [0.25, 0.3) is 0 Å². The summed E-state index contributed by atoms with van der Waals surface area (Å²) >= 11 is 0. The zero-order valence-electron chi connectivity index (χ0n) is 21.5. The third kappa shape index (κ3) is 6.92. The summed E-state index contributed by atoms with van der Waals surface area (Å²) in [5.41, 5.74) is 6.41. The fourth-order valence-corrected chi connectivity index (χ4v) is 3.78. The van der Waals surface area contributed by atoms with Crippen molar-refractivity contribution < 1.29 is 14.3 Å². The van der Waals surface area contributed by atoms with E-state index in [1.165, 1.54) is 24.3 Å². The van der Waals surface area contributed by atoms with E-state index in [1.54, 1.807) is 11.0 Å². The first-order valence-electron chi connectivity index (χ1n) is 12.0. The van der Waals surface area contributed by atoms with E-state index >= 15 is 0 Å². The molecular weight excluding hydrogens is 434 g/mol. The lowest BCUT2D eigenvalue weighted by molar-refractivity contribution is -0.134. The van der Waals surface area contributed by atoms with Gasteiger partial charge in [-0.3, -0.25) is 4.79 Å². The summed E-state index contributed by atoms with van der Waals surface area (Å²) < 4.78 is 4.67. The van der Waals surface area contributed by atoms with Gasteiger partial charge in [0.2, 0.25) is 5.91 Å². The molecule has 4 heteroatoms. The topological polar surface area (TPSA) is 46.6 Å². The number of carbonyl (C=O) groups excluding carboxylic acids is 2. The van der Waals surface area contributed by atoms with Gasteiger partial charge in [0, 0.05) is 17.7 Å². The molecule has 0 N–H and O–H groups in total. The first kappa shape index (κ1) is 26.0. The minimum Gasteiger partial charge on any atom is -0.466 e. The number of esters is 1. The van der Waals surface area contributed by atoms with Crippen LogP contribution in [0.5, 0.6) is 0 Å². The maximum atomic E-state index is 13.1. The van der Waals surface area contributed by atoms with Gasteiger partial charge in [0.05, 0.1) is 13.7 Å². The average Bonchev–Trinajstić information content (AvgIpc) is 2.85. The number of methoxy groups -OCH3 is 1. The molecule has 0 unspecified atom stereocenters. The number of carbonyl (C=O) groups is 2. The van der Waals surface area contributed by atoms with Crippen LogP contribution in [0.4, 0.5) is 5.69 Å². The first-order chi connectivity index (χ1) is 16.6. The number of rotatable bonds is 7. The van der Waals surface area contributed by atoms with Crippen LogP contribution in [-0.4, -0.2) is 19.0 Å². The SMILES string of the molecule is COC(=O)/C=C/c1cccc(N(Cc2ccc(-c3ccc(C(C)(C)C)cc3)cc2)C(=O)C(C)C)c1. The second-order valence-corrected chi connectivity index (χ2v) is 10.1. The molecule has 0 saturated heterocycles. The van der Waals surface area contributed by atoms with Crippen LogP contribution in [0.3, 0.4) is 0 Å². The third-order valence-corrected chi connectivity index (χ3v) is 5.93. The summed E-state index contributed by atoms with van der Waals surface area (Å²) in [6, 6.07) is 24.7. The van der Waals surface area contributed by atoms with Crippen molar-refractivity contribution in [2.45, 2.75) is 46.6 Å². The first-order valence-corrected chi connectivity index (χ1v) is 12.0. The minimum atomic E-state index is -0.418. The average molecular weight is 470 g/mol. The van der Waals surface area contributed by atoms with Crippen molar-refractivity contribution in [2.24, 2.45) is 5.92 Å². The molecule has 0 radical (unpaired) electrons. The highest BCUT2D eigenvalue weighted by Gasteiger charge is 2.20. The van der Waals surface area contributed by atoms with Gasteiger partial charge in [-0.05, 0) is 51.4 Å². The van der Waals surface area contributed by atoms with Crippen LogP contribution >= 0.6 is 0 Å². The number of benzene rings is 3. The van der Waals surface area contributed by atoms with Crippen LogP contribution in [0.15, 0.2) is 78.9 Å². The van der Waals surface area contributed by atoms with Crippen molar-refractivity contribution in [3.8, 4) is 11.1 Å². The summed E-state index contributed by atoms with van der Waals surface area (Å²) in [5, 5.41) is 0. The van der Waals surface area contributed by atoms with Crippen LogP contribution < -0.4 is 4.90 Å². The molecule has 0 fully saturated rings. The van der Waals surface area contributed by atoms with Gasteiger partial charge in [0.15, 0.2) is 0 Å². The van der Waals surface area contributed by atoms with Gasteiger partial charge in [0.1, 0.15) is 0 Å². The van der Waals surface area contributed by atoms with Crippen LogP contribution in [0.2, 0.25) is 0 Å². The van der Waals surface area contributed by atoms with Crippen LogP contribution in [0.1, 0.15) is 51.3 Å². The molecule has 0 aliphatic heterocycles. The molecule has 3 rings (SSSR count). The molecule has 1 amide bonds. The molecule has 0 saturated carbocycles. The maximum absolute atomic E-state index is 13.1. The highest BCUT2D eigenvalue weighted by molar-refractivity contribution is 5.95. The smallest absolute Gasteiger partial charge is 0.330 e. The maximum Gasteiger partial charge on any atom is 0.330 e. The van der Waals surface area contributed by atoms with Gasteiger partial charge >= 0.3 is 5.97 Å². The fraction of sp³-hybridized carbons (Fsp3) is 0.290. The number of nitrogens with zero attached hydrogens (tertiary/aromatic N) is 1. The van der Waals surface area contributed by atoms with Crippen molar-refractivity contribution >= 4 is 23.6 Å². The molecule has 4 nitrogen and oxygen atoms in total. The Bertz CT molecular complexity index is 1180. The molecule has 3 aromatic rings. The predicted octanol–water partition coefficient (Wildman–Crippen LogP) is 7.03. The third-order valence-electron chi connectivity index (χ3n) is 5.93. The van der Waals surface area contributed by atoms with Crippen molar-refractivity contribution in [1.82, 2.24) is 0 Å². The summed E-state index contributed by atoms with van der Waals surface area (Å²) in [5.74, 6) is -0.524. The molecular formula is C31H35NO3. The van der Waals surface area contributed by atoms with Crippen molar-refractivity contribution in [1.29, 1.82) is 0 Å². The van der Waals surface area contributed by atoms with Gasteiger partial charge in [-0.25, -0.2) is 4.79 Å². The molecule has 0 atom stereocenters. The monoisotopic (exact) mass is 469 g/mol. The minimum absolute atomic E-state index is 0.0425. The Labute approximate surface area is 209 Å². The van der Waals surface area contributed by atoms with E-state index in [4.69, 9.17) is 0 Å². The Morgan fingerprint density at radius 2 is 1.51 bits per heavy atom. The van der Waals surface area contributed by atoms with Crippen LogP contribution in [-0.2, 0) is 26.3 Å². The van der Waals surface area contributed by atoms with E-state index in [9.17, 15) is 9.59 Å². The van der Waals surface area contributed by atoms with Gasteiger partial charge in [-0.2, -0.15) is 0 Å². The lowest BCUT2D eigenvalue weighted by atomic mass is 9.86. The highest BCUT2D eigenvalue weighted by atomic mass is 16.5. The molecule has 0 aromatic heterocycles. The normalized spacial score (nSPS) is 11.6. The molecule has 182 valence electrons. The number of ether oxygens (including phenoxy) is 1. The van der Waals surface area contributed by atoms with E-state index in [1.807, 2.05) is 38.1 Å². The zero-order valence-corrected chi connectivity index (χ0v) is 21.5. The second kappa shape index (κ2) is 11.2. The Morgan fingerprint density at radius 1 is 0.914 bits per heavy atom. The lowest BCUT2D eigenvalue weighted by Crippen LogP contribution is -2.33. The standard InChI is InChI=1S/C31H35NO3/c1-22(2)30(34)32(28-9-7-8-23(20-28)12-19-29(33)35-6)21-24-10-13-25(14-11-24)26-15-17-27(18-16-26)31(3,4)5/h7-20,22H,21H2,1-6H3/b19-12+. The van der Waals surface area contributed by atoms with Gasteiger partial charge in [-0.15, -0.1) is 0 Å². The summed E-state index contributed by atoms with van der Waals surface area (Å²) in [4.78, 5) is 26.4. The quantitative estimate of drug-likeness (QED) is 0.276. The highest BCUT2D eigenvalue weighted by Crippen LogP contribution is 2.27. The Morgan fingerprint density at radius 3 is 2.06 bits per heavy atom. The molecule has 35 heavy (non-hydrogen) atoms. The number of hydrogen-bond donors (Lipinski definition) is 0. The summed E-state index contributed by atoms with van der Waals surface area (Å²) in [6.45, 7) is 10.9. The molecule has 0 aliphatic rings. The van der Waals surface area contributed by atoms with Crippen LogP contribution in [0, 0.1) is 5.92 Å². The Kier molecular flexibility index (Phi) is 8.29. The van der Waals surface area contributed by atoms with Crippen molar-refractivity contribution in [3.63, 3.8) is 0 Å². The van der Waals surface area contributed by atoms with E-state index < -0.39 is 5.97 Å². The largest absolute Gasteiger partial charge is 0.466 e. The van der Waals surface area contributed by atoms with E-state index in [0.717, 1.165) is 22.4 Å². The van der Waals surface area contributed by atoms with E-state index in [0.29, 0.717) is 6.54 Å². The summed E-state index contributed by atoms with van der Waals surface area (Å²) in [6.07, 6.45) is 3.06. The van der Waals surface area contributed by atoms with E-state index in [-0.39, 0.29) is 17.2 Å². The van der Waals surface area contributed by atoms with Crippen molar-refractivity contribution in [3.05, 3.63) is 95.6 Å². The number of amides is 1. The van der Waals surface area contributed by atoms with Gasteiger partial charge < -0.3 is 9.64 Å². The zero-order chi connectivity index (χ0) is 25.6. The van der Waals surface area contributed by atoms with E-state index in [2.05, 4.69) is 74.0 Å². The number of hydrogen-bond acceptors (Lipinski definition) is 3. The predicted molar refractivity (Wildman–Crippen MR) is 144 cm³/mol. The van der Waals surface area contributed by atoms with Crippen molar-refractivity contribution in [2.75, 3.05) is 12.0 Å². The summed E-state index contributed by atoms with van der Waals surface area (Å²) in [7, 11) is 1.35. The Balaban J connectivity index is 1.84. The molecule has 0 heterocycles. The molecule has 0 bridgehead atoms. The number of anilines is 1. The molecule has 3 aromatic carbocycles. The fourth-order valence-electron chi connectivity index (χ4n) is 3.78. The molecule has 0 aliphatic carbocycles. The van der Waals surface area contributed by atoms with Gasteiger partial charge in [-0.1, -0.05) is 95.3 Å². The Hall–Kier alpha value is -3.66. The van der Waals surface area contributed by atoms with Crippen LogP contribution in [0.25, 0.3) is 17.2 Å². The second-order valence-electron chi connectivity index (χ2n) is 10.1. The lowest BCUT2D eigenvalue weighted by Gasteiger charge is -2.25. The molecule has 0 spiro atoms.